The lowest BCUT2D eigenvalue weighted by Crippen LogP contribution is -2.18. The van der Waals surface area contributed by atoms with E-state index in [2.05, 4.69) is 28.8 Å². The Labute approximate surface area is 147 Å². The summed E-state index contributed by atoms with van der Waals surface area (Å²) in [6.45, 7) is 4.26. The fraction of sp³-hybridized carbons (Fsp3) is 0.211. The highest BCUT2D eigenvalue weighted by Gasteiger charge is 2.12. The first-order valence-corrected chi connectivity index (χ1v) is 9.64. The van der Waals surface area contributed by atoms with Gasteiger partial charge in [-0.15, -0.1) is 0 Å². The second kappa shape index (κ2) is 7.11. The van der Waals surface area contributed by atoms with Crippen LogP contribution in [0.5, 0.6) is 0 Å². The van der Waals surface area contributed by atoms with Gasteiger partial charge in [0.1, 0.15) is 0 Å². The number of para-hydroxylation sites is 1. The number of nitrogens with one attached hydrogen (secondary N) is 2. The Bertz CT molecular complexity index is 987. The molecule has 6 heteroatoms. The van der Waals surface area contributed by atoms with Crippen molar-refractivity contribution in [3.8, 4) is 0 Å². The molecule has 0 aliphatic heterocycles. The molecule has 3 rings (SSSR count). The second-order valence-electron chi connectivity index (χ2n) is 6.38. The quantitative estimate of drug-likeness (QED) is 0.523. The molecule has 0 spiro atoms. The zero-order valence-corrected chi connectivity index (χ0v) is 15.0. The third kappa shape index (κ3) is 4.09. The van der Waals surface area contributed by atoms with Crippen LogP contribution in [0, 0.1) is 5.92 Å². The number of aromatic nitrogens is 1. The Hall–Kier alpha value is -2.60. The fourth-order valence-corrected chi connectivity index (χ4v) is 3.49. The third-order valence-electron chi connectivity index (χ3n) is 3.88. The van der Waals surface area contributed by atoms with Crippen molar-refractivity contribution in [1.82, 2.24) is 9.82 Å². The maximum absolute atomic E-state index is 12.3. The highest BCUT2D eigenvalue weighted by atomic mass is 32.2. The van der Waals surface area contributed by atoms with Gasteiger partial charge in [0.25, 0.3) is 10.0 Å². The molecule has 25 heavy (non-hydrogen) atoms. The third-order valence-corrected chi connectivity index (χ3v) is 5.11. The topological polar surface area (TPSA) is 74.3 Å². The maximum Gasteiger partial charge on any atom is 0.276 e. The van der Waals surface area contributed by atoms with Gasteiger partial charge in [0.05, 0.1) is 11.1 Å². The summed E-state index contributed by atoms with van der Waals surface area (Å²) in [6, 6.07) is 14.7. The number of rotatable bonds is 6. The van der Waals surface area contributed by atoms with Crippen molar-refractivity contribution in [1.29, 1.82) is 0 Å². The van der Waals surface area contributed by atoms with Gasteiger partial charge < -0.3 is 4.98 Å². The summed E-state index contributed by atoms with van der Waals surface area (Å²) < 4.78 is 24.7. The molecule has 0 saturated heterocycles. The van der Waals surface area contributed by atoms with Crippen LogP contribution >= 0.6 is 0 Å². The van der Waals surface area contributed by atoms with Gasteiger partial charge in [0.2, 0.25) is 0 Å². The number of sulfonamides is 1. The molecule has 0 radical (unpaired) electrons. The molecule has 0 aliphatic carbocycles. The Balaban J connectivity index is 1.73. The number of nitrogens with zero attached hydrogens (tertiary/aromatic N) is 1. The molecule has 2 aromatic carbocycles. The minimum atomic E-state index is -3.67. The lowest BCUT2D eigenvalue weighted by atomic mass is 10.0. The van der Waals surface area contributed by atoms with Gasteiger partial charge in [-0.2, -0.15) is 13.5 Å². The number of fused-ring (bicyclic) bond motifs is 1. The van der Waals surface area contributed by atoms with Crippen molar-refractivity contribution in [2.45, 2.75) is 25.2 Å². The summed E-state index contributed by atoms with van der Waals surface area (Å²) in [5.74, 6) is 0.529. The normalized spacial score (nSPS) is 12.3. The summed E-state index contributed by atoms with van der Waals surface area (Å²) in [4.78, 5) is 5.59. The molecular formula is C19H21N3O2S. The zero-order valence-electron chi connectivity index (χ0n) is 14.2. The van der Waals surface area contributed by atoms with Crippen LogP contribution in [-0.2, 0) is 16.4 Å². The first kappa shape index (κ1) is 17.2. The minimum absolute atomic E-state index is 0.205. The molecule has 0 atom stereocenters. The lowest BCUT2D eigenvalue weighted by molar-refractivity contribution is 0.584. The minimum Gasteiger partial charge on any atom is -0.361 e. The maximum atomic E-state index is 12.3. The molecule has 130 valence electrons. The number of hydrogen-bond donors (Lipinski definition) is 2. The molecule has 1 heterocycles. The largest absolute Gasteiger partial charge is 0.361 e. The fourth-order valence-electron chi connectivity index (χ4n) is 2.69. The van der Waals surface area contributed by atoms with E-state index < -0.39 is 10.0 Å². The van der Waals surface area contributed by atoms with E-state index in [0.29, 0.717) is 5.92 Å². The second-order valence-corrected chi connectivity index (χ2v) is 8.05. The van der Waals surface area contributed by atoms with Crippen LogP contribution < -0.4 is 4.83 Å². The molecule has 1 aromatic heterocycles. The van der Waals surface area contributed by atoms with E-state index in [1.54, 1.807) is 18.3 Å². The van der Waals surface area contributed by atoms with Crippen molar-refractivity contribution < 1.29 is 8.42 Å². The van der Waals surface area contributed by atoms with Gasteiger partial charge in [-0.3, -0.25) is 0 Å². The standard InChI is InChI=1S/C19H21N3O2S/c1-14(2)11-15-7-9-17(10-8-15)25(23,24)22-21-13-16-12-20-19-6-4-3-5-18(16)19/h3-10,12-14,20,22H,11H2,1-2H3/b21-13+. The van der Waals surface area contributed by atoms with E-state index in [1.807, 2.05) is 36.4 Å². The monoisotopic (exact) mass is 355 g/mol. The van der Waals surface area contributed by atoms with Crippen molar-refractivity contribution in [2.75, 3.05) is 0 Å². The van der Waals surface area contributed by atoms with E-state index in [9.17, 15) is 8.42 Å². The van der Waals surface area contributed by atoms with Crippen LogP contribution in [0.4, 0.5) is 0 Å². The average molecular weight is 355 g/mol. The number of hydrazone groups is 1. The van der Waals surface area contributed by atoms with E-state index in [-0.39, 0.29) is 4.90 Å². The Kier molecular flexibility index (Phi) is 4.90. The van der Waals surface area contributed by atoms with Crippen LogP contribution in [-0.4, -0.2) is 19.6 Å². The summed E-state index contributed by atoms with van der Waals surface area (Å²) in [6.07, 6.45) is 4.22. The first-order chi connectivity index (χ1) is 12.0. The first-order valence-electron chi connectivity index (χ1n) is 8.15. The van der Waals surface area contributed by atoms with Crippen LogP contribution in [0.25, 0.3) is 10.9 Å². The van der Waals surface area contributed by atoms with E-state index in [0.717, 1.165) is 28.5 Å². The van der Waals surface area contributed by atoms with Crippen LogP contribution in [0.3, 0.4) is 0 Å². The summed E-state index contributed by atoms with van der Waals surface area (Å²) >= 11 is 0. The smallest absolute Gasteiger partial charge is 0.276 e. The summed E-state index contributed by atoms with van der Waals surface area (Å²) in [5.41, 5.74) is 2.93. The molecule has 0 saturated carbocycles. The Morgan fingerprint density at radius 3 is 2.56 bits per heavy atom. The van der Waals surface area contributed by atoms with Crippen molar-refractivity contribution in [3.63, 3.8) is 0 Å². The van der Waals surface area contributed by atoms with Gasteiger partial charge in [-0.1, -0.05) is 44.2 Å². The van der Waals surface area contributed by atoms with Gasteiger partial charge in [0, 0.05) is 22.7 Å². The van der Waals surface area contributed by atoms with Crippen molar-refractivity contribution >= 4 is 27.1 Å². The molecule has 0 aliphatic rings. The molecule has 0 fully saturated rings. The molecular weight excluding hydrogens is 334 g/mol. The Morgan fingerprint density at radius 1 is 1.12 bits per heavy atom. The molecule has 0 unspecified atom stereocenters. The van der Waals surface area contributed by atoms with Crippen LogP contribution in [0.2, 0.25) is 0 Å². The average Bonchev–Trinajstić information content (AvgIpc) is 2.98. The van der Waals surface area contributed by atoms with Crippen molar-refractivity contribution in [2.24, 2.45) is 11.0 Å². The Morgan fingerprint density at radius 2 is 1.84 bits per heavy atom. The summed E-state index contributed by atoms with van der Waals surface area (Å²) in [7, 11) is -3.67. The molecule has 0 bridgehead atoms. The molecule has 3 aromatic rings. The summed E-state index contributed by atoms with van der Waals surface area (Å²) in [5, 5.41) is 4.89. The van der Waals surface area contributed by atoms with Crippen LogP contribution in [0.15, 0.2) is 64.7 Å². The number of aromatic amines is 1. The number of H-pyrrole nitrogens is 1. The van der Waals surface area contributed by atoms with Gasteiger partial charge in [-0.05, 0) is 36.1 Å². The van der Waals surface area contributed by atoms with E-state index in [4.69, 9.17) is 0 Å². The highest BCUT2D eigenvalue weighted by molar-refractivity contribution is 7.89. The van der Waals surface area contributed by atoms with E-state index in [1.165, 1.54) is 6.21 Å². The molecule has 2 N–H and O–H groups in total. The predicted molar refractivity (Wildman–Crippen MR) is 101 cm³/mol. The van der Waals surface area contributed by atoms with Gasteiger partial charge >= 0.3 is 0 Å². The van der Waals surface area contributed by atoms with Crippen LogP contribution in [0.1, 0.15) is 25.0 Å². The SMILES string of the molecule is CC(C)Cc1ccc(S(=O)(=O)N/N=C/c2c[nH]c3ccccc23)cc1. The number of hydrogen-bond acceptors (Lipinski definition) is 3. The molecule has 0 amide bonds. The van der Waals surface area contributed by atoms with Gasteiger partial charge in [-0.25, -0.2) is 4.83 Å². The van der Waals surface area contributed by atoms with E-state index >= 15 is 0 Å². The molecule has 5 nitrogen and oxygen atoms in total. The van der Waals surface area contributed by atoms with Crippen molar-refractivity contribution in [3.05, 3.63) is 65.9 Å². The lowest BCUT2D eigenvalue weighted by Gasteiger charge is -2.07. The van der Waals surface area contributed by atoms with Gasteiger partial charge in [0.15, 0.2) is 0 Å². The number of benzene rings is 2. The highest BCUT2D eigenvalue weighted by Crippen LogP contribution is 2.16. The zero-order chi connectivity index (χ0) is 17.9. The predicted octanol–water partition coefficient (Wildman–Crippen LogP) is 3.68.